The predicted molar refractivity (Wildman–Crippen MR) is 53.7 cm³/mol. The van der Waals surface area contributed by atoms with Crippen LogP contribution in [0.4, 0.5) is 0 Å². The second-order valence-corrected chi connectivity index (χ2v) is 13.1. The first-order valence-electron chi connectivity index (χ1n) is 4.13. The summed E-state index contributed by atoms with van der Waals surface area (Å²) >= 11 is 0. The maximum absolute atomic E-state index is 2.52. The van der Waals surface area contributed by atoms with Gasteiger partial charge in [0, 0.05) is 0 Å². The van der Waals surface area contributed by atoms with Crippen molar-refractivity contribution < 1.29 is 0 Å². The fourth-order valence-corrected chi connectivity index (χ4v) is 14.3. The second-order valence-electron chi connectivity index (χ2n) is 4.30. The van der Waals surface area contributed by atoms with Crippen LogP contribution in [-0.4, -0.2) is 16.9 Å². The van der Waals surface area contributed by atoms with Crippen LogP contribution in [0.1, 0.15) is 13.8 Å². The lowest BCUT2D eigenvalue weighted by Crippen LogP contribution is -2.25. The molecular formula is C8H18Si2. The molecule has 0 bridgehead atoms. The zero-order valence-electron chi connectivity index (χ0n) is 7.78. The molecule has 1 aliphatic heterocycles. The van der Waals surface area contributed by atoms with Crippen LogP contribution < -0.4 is 0 Å². The highest BCUT2D eigenvalue weighted by atomic mass is 28.4. The fraction of sp³-hybridized carbons (Fsp3) is 0.750. The van der Waals surface area contributed by atoms with Gasteiger partial charge in [0.15, 0.2) is 0 Å². The Morgan fingerprint density at radius 2 is 1.80 bits per heavy atom. The van der Waals surface area contributed by atoms with Crippen LogP contribution in [0, 0.1) is 0 Å². The van der Waals surface area contributed by atoms with Crippen molar-refractivity contribution in [1.29, 1.82) is 0 Å². The van der Waals surface area contributed by atoms with Gasteiger partial charge in [-0.15, -0.1) is 0 Å². The Morgan fingerprint density at radius 1 is 1.30 bits per heavy atom. The van der Waals surface area contributed by atoms with Gasteiger partial charge in [-0.3, -0.25) is 0 Å². The maximum Gasteiger partial charge on any atom is 0.0720 e. The topological polar surface area (TPSA) is 0 Å². The molecule has 1 aliphatic rings. The minimum atomic E-state index is -0.828. The van der Waals surface area contributed by atoms with E-state index in [0.717, 1.165) is 0 Å². The molecule has 1 unspecified atom stereocenters. The third-order valence-corrected chi connectivity index (χ3v) is 14.3. The molecule has 0 aromatic carbocycles. The van der Waals surface area contributed by atoms with Gasteiger partial charge in [0.05, 0.1) is 16.9 Å². The molecule has 0 amide bonds. The minimum Gasteiger partial charge on any atom is -0.0924 e. The molecule has 1 heterocycles. The standard InChI is InChI=1S/C8H18Si2/c1-7-8(2)10(4,5)6-9(7)3/h9H,6H2,1-5H3. The van der Waals surface area contributed by atoms with Crippen LogP contribution in [0.3, 0.4) is 0 Å². The first-order chi connectivity index (χ1) is 4.45. The van der Waals surface area contributed by atoms with E-state index in [4.69, 9.17) is 0 Å². The SMILES string of the molecule is CC1=C(C)[Si](C)(C)C[SiH]1C. The van der Waals surface area contributed by atoms with Crippen molar-refractivity contribution in [3.8, 4) is 0 Å². The van der Waals surface area contributed by atoms with Gasteiger partial charge in [-0.05, 0) is 13.8 Å². The summed E-state index contributed by atoms with van der Waals surface area (Å²) in [5.74, 6) is 0. The van der Waals surface area contributed by atoms with Gasteiger partial charge in [-0.2, -0.15) is 0 Å². The van der Waals surface area contributed by atoms with Crippen LogP contribution in [0.25, 0.3) is 0 Å². The lowest BCUT2D eigenvalue weighted by atomic mass is 10.6. The Labute approximate surface area is 67.0 Å². The average Bonchev–Trinajstić information content (AvgIpc) is 1.95. The first-order valence-corrected chi connectivity index (χ1v) is 9.88. The summed E-state index contributed by atoms with van der Waals surface area (Å²) in [4.78, 5) is 0. The molecule has 10 heavy (non-hydrogen) atoms. The summed E-state index contributed by atoms with van der Waals surface area (Å²) in [7, 11) is -1.21. The smallest absolute Gasteiger partial charge is 0.0720 e. The summed E-state index contributed by atoms with van der Waals surface area (Å²) in [5.41, 5.74) is 1.62. The molecule has 0 spiro atoms. The average molecular weight is 170 g/mol. The second kappa shape index (κ2) is 2.34. The number of allylic oxidation sites excluding steroid dienone is 2. The van der Waals surface area contributed by atoms with Gasteiger partial charge in [-0.25, -0.2) is 0 Å². The van der Waals surface area contributed by atoms with Gasteiger partial charge in [0.1, 0.15) is 0 Å². The Morgan fingerprint density at radius 3 is 1.90 bits per heavy atom. The Bertz CT molecular complexity index is 180. The normalized spacial score (nSPS) is 31.5. The zero-order chi connectivity index (χ0) is 7.94. The van der Waals surface area contributed by atoms with Crippen LogP contribution in [0.15, 0.2) is 10.4 Å². The molecule has 0 saturated carbocycles. The third-order valence-electron chi connectivity index (χ3n) is 3.16. The minimum absolute atomic E-state index is 0.385. The lowest BCUT2D eigenvalue weighted by molar-refractivity contribution is 1.48. The third kappa shape index (κ3) is 1.14. The van der Waals surface area contributed by atoms with Crippen molar-refractivity contribution in [2.45, 2.75) is 39.2 Å². The van der Waals surface area contributed by atoms with E-state index in [1.807, 2.05) is 10.4 Å². The molecule has 0 aliphatic carbocycles. The maximum atomic E-state index is 2.52. The number of hydrogen-bond donors (Lipinski definition) is 0. The molecule has 0 N–H and O–H groups in total. The van der Waals surface area contributed by atoms with Gasteiger partial charge in [0.2, 0.25) is 0 Å². The summed E-state index contributed by atoms with van der Waals surface area (Å²) < 4.78 is 0. The van der Waals surface area contributed by atoms with Gasteiger partial charge < -0.3 is 0 Å². The van der Waals surface area contributed by atoms with Gasteiger partial charge >= 0.3 is 0 Å². The molecule has 0 saturated heterocycles. The molecule has 0 nitrogen and oxygen atoms in total. The van der Waals surface area contributed by atoms with Crippen molar-refractivity contribution in [2.24, 2.45) is 0 Å². The lowest BCUT2D eigenvalue weighted by Gasteiger charge is -2.16. The molecule has 0 aromatic rings. The zero-order valence-corrected chi connectivity index (χ0v) is 9.94. The van der Waals surface area contributed by atoms with Crippen molar-refractivity contribution >= 4 is 16.9 Å². The fourth-order valence-electron chi connectivity index (χ4n) is 1.98. The van der Waals surface area contributed by atoms with E-state index >= 15 is 0 Å². The van der Waals surface area contributed by atoms with Crippen LogP contribution in [0.5, 0.6) is 0 Å². The van der Waals surface area contributed by atoms with E-state index in [9.17, 15) is 0 Å². The molecular weight excluding hydrogens is 152 g/mol. The highest BCUT2D eigenvalue weighted by Gasteiger charge is 2.34. The molecule has 0 radical (unpaired) electrons. The van der Waals surface area contributed by atoms with E-state index < -0.39 is 8.07 Å². The molecule has 1 rings (SSSR count). The summed E-state index contributed by atoms with van der Waals surface area (Å²) in [6.07, 6.45) is 0. The van der Waals surface area contributed by atoms with Crippen molar-refractivity contribution in [2.75, 3.05) is 0 Å². The van der Waals surface area contributed by atoms with Gasteiger partial charge in [-0.1, -0.05) is 35.7 Å². The summed E-state index contributed by atoms with van der Waals surface area (Å²) in [6, 6.07) is 0. The Balaban J connectivity index is 2.95. The monoisotopic (exact) mass is 170 g/mol. The van der Waals surface area contributed by atoms with Crippen molar-refractivity contribution in [3.63, 3.8) is 0 Å². The Kier molecular flexibility index (Phi) is 1.94. The highest BCUT2D eigenvalue weighted by molar-refractivity contribution is 6.99. The van der Waals surface area contributed by atoms with Crippen LogP contribution >= 0.6 is 0 Å². The summed E-state index contributed by atoms with van der Waals surface area (Å²) in [6.45, 7) is 12.3. The Hall–Kier alpha value is 0.174. The van der Waals surface area contributed by atoms with E-state index in [-0.39, 0.29) is 8.80 Å². The number of hydrogen-bond acceptors (Lipinski definition) is 0. The molecule has 0 fully saturated rings. The van der Waals surface area contributed by atoms with E-state index in [1.165, 1.54) is 0 Å². The van der Waals surface area contributed by atoms with E-state index in [2.05, 4.69) is 33.5 Å². The summed E-state index contributed by atoms with van der Waals surface area (Å²) in [5, 5.41) is 3.63. The van der Waals surface area contributed by atoms with Crippen LogP contribution in [-0.2, 0) is 0 Å². The number of rotatable bonds is 0. The largest absolute Gasteiger partial charge is 0.0924 e. The van der Waals surface area contributed by atoms with Crippen molar-refractivity contribution in [3.05, 3.63) is 10.4 Å². The van der Waals surface area contributed by atoms with Crippen LogP contribution in [0.2, 0.25) is 25.3 Å². The molecule has 2 heteroatoms. The van der Waals surface area contributed by atoms with Gasteiger partial charge in [0.25, 0.3) is 0 Å². The molecule has 0 aromatic heterocycles. The molecule has 58 valence electrons. The predicted octanol–water partition coefficient (Wildman–Crippen LogP) is 2.52. The van der Waals surface area contributed by atoms with E-state index in [1.54, 1.807) is 5.67 Å². The highest BCUT2D eigenvalue weighted by Crippen LogP contribution is 2.33. The molecule has 1 atom stereocenters. The quantitative estimate of drug-likeness (QED) is 0.490. The van der Waals surface area contributed by atoms with E-state index in [0.29, 0.717) is 0 Å². The van der Waals surface area contributed by atoms with Crippen molar-refractivity contribution in [1.82, 2.24) is 0 Å². The first kappa shape index (κ1) is 8.27.